The van der Waals surface area contributed by atoms with Crippen molar-refractivity contribution >= 4 is 11.3 Å². The van der Waals surface area contributed by atoms with E-state index in [4.69, 9.17) is 5.11 Å². The molecule has 96 valence electrons. The van der Waals surface area contributed by atoms with Crippen molar-refractivity contribution in [3.63, 3.8) is 0 Å². The molecular formula is C15H19NOS. The molecule has 2 aromatic rings. The van der Waals surface area contributed by atoms with Gasteiger partial charge in [0.05, 0.1) is 10.7 Å². The lowest BCUT2D eigenvalue weighted by Gasteiger charge is -2.08. The van der Waals surface area contributed by atoms with E-state index in [0.717, 1.165) is 10.7 Å². The minimum atomic E-state index is 0.165. The summed E-state index contributed by atoms with van der Waals surface area (Å²) in [5.74, 6) is 0. The van der Waals surface area contributed by atoms with Crippen LogP contribution in [0.2, 0.25) is 0 Å². The molecule has 0 unspecified atom stereocenters. The Morgan fingerprint density at radius 2 is 1.72 bits per heavy atom. The lowest BCUT2D eigenvalue weighted by Crippen LogP contribution is -1.92. The Bertz CT molecular complexity index is 572. The molecule has 2 nitrogen and oxygen atoms in total. The van der Waals surface area contributed by atoms with Crippen molar-refractivity contribution in [2.45, 2.75) is 34.1 Å². The van der Waals surface area contributed by atoms with Crippen molar-refractivity contribution in [3.05, 3.63) is 38.7 Å². The Morgan fingerprint density at radius 3 is 2.39 bits per heavy atom. The molecule has 0 saturated carbocycles. The van der Waals surface area contributed by atoms with E-state index >= 15 is 0 Å². The summed E-state index contributed by atoms with van der Waals surface area (Å²) in [6.07, 6.45) is 0.648. The Labute approximate surface area is 112 Å². The maximum absolute atomic E-state index is 8.99. The highest BCUT2D eigenvalue weighted by Gasteiger charge is 2.12. The average Bonchev–Trinajstić information content (AvgIpc) is 2.65. The van der Waals surface area contributed by atoms with Crippen LogP contribution < -0.4 is 0 Å². The molecule has 0 amide bonds. The standard InChI is InChI=1S/C15H19NOS/c1-9-7-11(3)13(8-10(9)2)15-12(4)18-14(16-15)5-6-17/h7-8,17H,5-6H2,1-4H3. The molecule has 0 atom stereocenters. The van der Waals surface area contributed by atoms with Crippen molar-refractivity contribution in [1.29, 1.82) is 0 Å². The zero-order valence-electron chi connectivity index (χ0n) is 11.4. The molecule has 0 bridgehead atoms. The normalized spacial score (nSPS) is 10.9. The monoisotopic (exact) mass is 261 g/mol. The van der Waals surface area contributed by atoms with E-state index in [0.29, 0.717) is 6.42 Å². The van der Waals surface area contributed by atoms with Crippen molar-refractivity contribution in [1.82, 2.24) is 4.98 Å². The fraction of sp³-hybridized carbons (Fsp3) is 0.400. The summed E-state index contributed by atoms with van der Waals surface area (Å²) in [6, 6.07) is 4.44. The van der Waals surface area contributed by atoms with Gasteiger partial charge in [-0.3, -0.25) is 0 Å². The zero-order chi connectivity index (χ0) is 13.3. The third-order valence-corrected chi connectivity index (χ3v) is 4.29. The van der Waals surface area contributed by atoms with Gasteiger partial charge in [-0.15, -0.1) is 11.3 Å². The maximum atomic E-state index is 8.99. The molecule has 0 spiro atoms. The highest BCUT2D eigenvalue weighted by atomic mass is 32.1. The molecule has 0 aliphatic carbocycles. The fourth-order valence-electron chi connectivity index (χ4n) is 2.12. The molecule has 2 rings (SSSR count). The fourth-order valence-corrected chi connectivity index (χ4v) is 3.06. The number of nitrogens with zero attached hydrogens (tertiary/aromatic N) is 1. The topological polar surface area (TPSA) is 33.1 Å². The second-order valence-electron chi connectivity index (χ2n) is 4.74. The lowest BCUT2D eigenvalue weighted by molar-refractivity contribution is 0.299. The van der Waals surface area contributed by atoms with Crippen LogP contribution in [0, 0.1) is 27.7 Å². The van der Waals surface area contributed by atoms with Gasteiger partial charge in [0, 0.05) is 23.5 Å². The van der Waals surface area contributed by atoms with E-state index in [9.17, 15) is 0 Å². The summed E-state index contributed by atoms with van der Waals surface area (Å²) < 4.78 is 0. The maximum Gasteiger partial charge on any atom is 0.0958 e. The summed E-state index contributed by atoms with van der Waals surface area (Å²) >= 11 is 1.68. The van der Waals surface area contributed by atoms with Crippen LogP contribution in [0.25, 0.3) is 11.3 Å². The van der Waals surface area contributed by atoms with E-state index in [2.05, 4.69) is 44.8 Å². The summed E-state index contributed by atoms with van der Waals surface area (Å²) in [4.78, 5) is 5.89. The van der Waals surface area contributed by atoms with Crippen LogP contribution in [-0.4, -0.2) is 16.7 Å². The Balaban J connectivity index is 2.51. The zero-order valence-corrected chi connectivity index (χ0v) is 12.2. The molecule has 0 fully saturated rings. The summed E-state index contributed by atoms with van der Waals surface area (Å²) in [7, 11) is 0. The van der Waals surface area contributed by atoms with Gasteiger partial charge in [-0.25, -0.2) is 4.98 Å². The van der Waals surface area contributed by atoms with E-state index in [1.165, 1.54) is 27.1 Å². The van der Waals surface area contributed by atoms with Crippen LogP contribution in [-0.2, 0) is 6.42 Å². The van der Waals surface area contributed by atoms with Crippen molar-refractivity contribution in [2.75, 3.05) is 6.61 Å². The number of aryl methyl sites for hydroxylation is 4. The first-order valence-electron chi connectivity index (χ1n) is 6.18. The molecule has 1 heterocycles. The predicted molar refractivity (Wildman–Crippen MR) is 77.3 cm³/mol. The lowest BCUT2D eigenvalue weighted by atomic mass is 9.98. The van der Waals surface area contributed by atoms with E-state index in [1.807, 2.05) is 0 Å². The molecule has 3 heteroatoms. The SMILES string of the molecule is Cc1cc(C)c(-c2nc(CCO)sc2C)cc1C. The first kappa shape index (κ1) is 13.2. The minimum absolute atomic E-state index is 0.165. The highest BCUT2D eigenvalue weighted by Crippen LogP contribution is 2.31. The third kappa shape index (κ3) is 2.47. The number of hydrogen-bond acceptors (Lipinski definition) is 3. The van der Waals surface area contributed by atoms with E-state index in [1.54, 1.807) is 11.3 Å². The van der Waals surface area contributed by atoms with E-state index in [-0.39, 0.29) is 6.61 Å². The second-order valence-corrected chi connectivity index (χ2v) is 6.03. The van der Waals surface area contributed by atoms with Crippen LogP contribution in [0.3, 0.4) is 0 Å². The van der Waals surface area contributed by atoms with Crippen LogP contribution in [0.15, 0.2) is 12.1 Å². The second kappa shape index (κ2) is 5.21. The van der Waals surface area contributed by atoms with Gasteiger partial charge in [-0.05, 0) is 50.5 Å². The van der Waals surface area contributed by atoms with Crippen LogP contribution in [0.4, 0.5) is 0 Å². The van der Waals surface area contributed by atoms with Gasteiger partial charge in [0.1, 0.15) is 0 Å². The first-order chi connectivity index (χ1) is 8.52. The molecular weight excluding hydrogens is 242 g/mol. The van der Waals surface area contributed by atoms with Crippen LogP contribution >= 0.6 is 11.3 Å². The molecule has 1 aromatic carbocycles. The van der Waals surface area contributed by atoms with Gasteiger partial charge in [-0.2, -0.15) is 0 Å². The number of rotatable bonds is 3. The Kier molecular flexibility index (Phi) is 3.83. The van der Waals surface area contributed by atoms with Crippen LogP contribution in [0.5, 0.6) is 0 Å². The molecule has 0 radical (unpaired) electrons. The van der Waals surface area contributed by atoms with Crippen molar-refractivity contribution < 1.29 is 5.11 Å². The Morgan fingerprint density at radius 1 is 1.06 bits per heavy atom. The largest absolute Gasteiger partial charge is 0.396 e. The molecule has 1 N–H and O–H groups in total. The number of thiazole rings is 1. The van der Waals surface area contributed by atoms with Gasteiger partial charge < -0.3 is 5.11 Å². The van der Waals surface area contributed by atoms with Gasteiger partial charge in [0.2, 0.25) is 0 Å². The quantitative estimate of drug-likeness (QED) is 0.916. The van der Waals surface area contributed by atoms with Gasteiger partial charge in [0.15, 0.2) is 0 Å². The number of aliphatic hydroxyl groups is 1. The smallest absolute Gasteiger partial charge is 0.0958 e. The third-order valence-electron chi connectivity index (χ3n) is 3.26. The Hall–Kier alpha value is -1.19. The molecule has 0 aliphatic rings. The van der Waals surface area contributed by atoms with Gasteiger partial charge in [-0.1, -0.05) is 6.07 Å². The number of aliphatic hydroxyl groups excluding tert-OH is 1. The molecule has 1 aromatic heterocycles. The highest BCUT2D eigenvalue weighted by molar-refractivity contribution is 7.12. The molecule has 0 aliphatic heterocycles. The summed E-state index contributed by atoms with van der Waals surface area (Å²) in [5, 5.41) is 10.0. The number of aromatic nitrogens is 1. The van der Waals surface area contributed by atoms with Gasteiger partial charge >= 0.3 is 0 Å². The van der Waals surface area contributed by atoms with Gasteiger partial charge in [0.25, 0.3) is 0 Å². The first-order valence-corrected chi connectivity index (χ1v) is 7.00. The van der Waals surface area contributed by atoms with Crippen LogP contribution in [0.1, 0.15) is 26.6 Å². The van der Waals surface area contributed by atoms with E-state index < -0.39 is 0 Å². The summed E-state index contributed by atoms with van der Waals surface area (Å²) in [6.45, 7) is 8.67. The number of hydrogen-bond donors (Lipinski definition) is 1. The predicted octanol–water partition coefficient (Wildman–Crippen LogP) is 3.58. The van der Waals surface area contributed by atoms with Crippen molar-refractivity contribution in [3.8, 4) is 11.3 Å². The van der Waals surface area contributed by atoms with Crippen molar-refractivity contribution in [2.24, 2.45) is 0 Å². The molecule has 0 saturated heterocycles. The molecule has 18 heavy (non-hydrogen) atoms. The number of benzene rings is 1. The summed E-state index contributed by atoms with van der Waals surface area (Å²) in [5.41, 5.74) is 6.17. The average molecular weight is 261 g/mol. The minimum Gasteiger partial charge on any atom is -0.396 e.